The number of hydrogen-bond donors (Lipinski definition) is 1. The quantitative estimate of drug-likeness (QED) is 0.533. The van der Waals surface area contributed by atoms with Crippen LogP contribution < -0.4 is 5.32 Å². The Bertz CT molecular complexity index is 1010. The van der Waals surface area contributed by atoms with E-state index >= 15 is 0 Å². The molecule has 3 aromatic heterocycles. The van der Waals surface area contributed by atoms with Gasteiger partial charge in [0.25, 0.3) is 0 Å². The van der Waals surface area contributed by atoms with Crippen molar-refractivity contribution in [2.75, 3.05) is 5.32 Å². The molecule has 0 amide bonds. The average molecular weight is 388 g/mol. The van der Waals surface area contributed by atoms with Crippen LogP contribution in [0.3, 0.4) is 0 Å². The van der Waals surface area contributed by atoms with Crippen molar-refractivity contribution in [2.24, 2.45) is 0 Å². The number of rotatable bonds is 4. The molecule has 0 fully saturated rings. The fourth-order valence-corrected chi connectivity index (χ4v) is 3.32. The number of oxazole rings is 1. The largest absolute Gasteiger partial charge is 0.443 e. The van der Waals surface area contributed by atoms with Crippen molar-refractivity contribution in [1.29, 1.82) is 0 Å². The highest BCUT2D eigenvalue weighted by Crippen LogP contribution is 2.26. The van der Waals surface area contributed by atoms with Gasteiger partial charge >= 0.3 is 0 Å². The molecule has 0 aliphatic carbocycles. The van der Waals surface area contributed by atoms with E-state index in [2.05, 4.69) is 41.2 Å². The second kappa shape index (κ2) is 6.41. The van der Waals surface area contributed by atoms with Gasteiger partial charge in [-0.2, -0.15) is 0 Å². The third-order valence-electron chi connectivity index (χ3n) is 3.87. The van der Waals surface area contributed by atoms with Crippen molar-refractivity contribution >= 4 is 33.0 Å². The monoisotopic (exact) mass is 387 g/mol. The van der Waals surface area contributed by atoms with Gasteiger partial charge in [-0.1, -0.05) is 55.8 Å². The first-order valence-corrected chi connectivity index (χ1v) is 9.39. The maximum absolute atomic E-state index is 5.93. The number of imidazole rings is 1. The van der Waals surface area contributed by atoms with Crippen LogP contribution in [0.2, 0.25) is 5.02 Å². The molecular formula is C18H18ClN5OS. The van der Waals surface area contributed by atoms with Gasteiger partial charge in [0.1, 0.15) is 5.76 Å². The highest BCUT2D eigenvalue weighted by atomic mass is 35.5. The Morgan fingerprint density at radius 1 is 1.23 bits per heavy atom. The molecule has 4 aromatic rings. The van der Waals surface area contributed by atoms with E-state index in [1.807, 2.05) is 30.5 Å². The lowest BCUT2D eigenvalue weighted by Crippen LogP contribution is -2.09. The summed E-state index contributed by atoms with van der Waals surface area (Å²) in [5, 5.41) is 9.23. The third-order valence-corrected chi connectivity index (χ3v) is 5.00. The maximum Gasteiger partial charge on any atom is 0.214 e. The molecule has 0 unspecified atom stereocenters. The van der Waals surface area contributed by atoms with E-state index in [1.165, 1.54) is 11.3 Å². The number of nitrogens with zero attached hydrogens (tertiary/aromatic N) is 4. The Balaban J connectivity index is 1.47. The predicted molar refractivity (Wildman–Crippen MR) is 104 cm³/mol. The van der Waals surface area contributed by atoms with Crippen LogP contribution in [-0.2, 0) is 12.0 Å². The number of hydrogen-bond acceptors (Lipinski definition) is 6. The molecule has 8 heteroatoms. The van der Waals surface area contributed by atoms with E-state index < -0.39 is 0 Å². The van der Waals surface area contributed by atoms with Crippen molar-refractivity contribution in [3.63, 3.8) is 0 Å². The van der Waals surface area contributed by atoms with E-state index in [4.69, 9.17) is 16.0 Å². The summed E-state index contributed by atoms with van der Waals surface area (Å²) in [4.78, 5) is 9.76. The Hall–Kier alpha value is -2.38. The van der Waals surface area contributed by atoms with Gasteiger partial charge in [0.2, 0.25) is 16.0 Å². The second-order valence-corrected chi connectivity index (χ2v) is 8.38. The Morgan fingerprint density at radius 3 is 2.65 bits per heavy atom. The molecule has 26 heavy (non-hydrogen) atoms. The lowest BCUT2D eigenvalue weighted by Gasteiger charge is -2.13. The predicted octanol–water partition coefficient (Wildman–Crippen LogP) is 5.01. The van der Waals surface area contributed by atoms with Gasteiger partial charge in [0.05, 0.1) is 24.6 Å². The van der Waals surface area contributed by atoms with Gasteiger partial charge in [0.15, 0.2) is 0 Å². The van der Waals surface area contributed by atoms with Crippen molar-refractivity contribution < 1.29 is 4.42 Å². The zero-order valence-corrected chi connectivity index (χ0v) is 16.2. The van der Waals surface area contributed by atoms with E-state index in [9.17, 15) is 0 Å². The lowest BCUT2D eigenvalue weighted by molar-refractivity contribution is 0.385. The molecule has 1 N–H and O–H groups in total. The topological polar surface area (TPSA) is 68.2 Å². The first-order valence-electron chi connectivity index (χ1n) is 8.20. The summed E-state index contributed by atoms with van der Waals surface area (Å²) >= 11 is 7.41. The maximum atomic E-state index is 5.93. The van der Waals surface area contributed by atoms with Gasteiger partial charge in [-0.05, 0) is 12.1 Å². The molecule has 0 aliphatic rings. The van der Waals surface area contributed by atoms with Crippen molar-refractivity contribution in [2.45, 2.75) is 32.7 Å². The summed E-state index contributed by atoms with van der Waals surface area (Å²) in [6.07, 6.45) is 3.69. The minimum Gasteiger partial charge on any atom is -0.443 e. The lowest BCUT2D eigenvalue weighted by atomic mass is 9.94. The SMILES string of the molecule is CC(C)(C)c1cnc(CNc2nn3cc(-c4ccc(Cl)cc4)nc3s2)o1. The summed E-state index contributed by atoms with van der Waals surface area (Å²) in [6.45, 7) is 6.77. The summed E-state index contributed by atoms with van der Waals surface area (Å²) in [7, 11) is 0. The normalized spacial score (nSPS) is 12.0. The minimum atomic E-state index is -0.0504. The number of benzene rings is 1. The number of fused-ring (bicyclic) bond motifs is 1. The van der Waals surface area contributed by atoms with Crippen molar-refractivity contribution in [3.8, 4) is 11.3 Å². The van der Waals surface area contributed by atoms with Crippen LogP contribution >= 0.6 is 22.9 Å². The molecule has 0 spiro atoms. The fourth-order valence-electron chi connectivity index (χ4n) is 2.42. The molecule has 6 nitrogen and oxygen atoms in total. The van der Waals surface area contributed by atoms with E-state index in [-0.39, 0.29) is 5.41 Å². The third kappa shape index (κ3) is 3.45. The summed E-state index contributed by atoms with van der Waals surface area (Å²) in [5.74, 6) is 1.51. The Kier molecular flexibility index (Phi) is 4.20. The standard InChI is InChI=1S/C18H18ClN5OS/c1-18(2,3)14-8-20-15(25-14)9-21-16-23-24-10-13(22-17(24)26-16)11-4-6-12(19)7-5-11/h4-8,10H,9H2,1-3H3,(H,21,23). The smallest absolute Gasteiger partial charge is 0.214 e. The average Bonchev–Trinajstić information content (AvgIpc) is 3.27. The molecule has 4 rings (SSSR count). The minimum absolute atomic E-state index is 0.0504. The molecule has 0 saturated carbocycles. The highest BCUT2D eigenvalue weighted by molar-refractivity contribution is 7.20. The fraction of sp³-hybridized carbons (Fsp3) is 0.278. The van der Waals surface area contributed by atoms with Gasteiger partial charge in [-0.25, -0.2) is 14.5 Å². The van der Waals surface area contributed by atoms with Crippen LogP contribution in [0.25, 0.3) is 16.2 Å². The van der Waals surface area contributed by atoms with E-state index in [0.29, 0.717) is 17.5 Å². The molecule has 0 radical (unpaired) electrons. The summed E-state index contributed by atoms with van der Waals surface area (Å²) in [6, 6.07) is 7.60. The zero-order chi connectivity index (χ0) is 18.3. The highest BCUT2D eigenvalue weighted by Gasteiger charge is 2.19. The van der Waals surface area contributed by atoms with Crippen LogP contribution in [0.4, 0.5) is 5.13 Å². The number of anilines is 1. The van der Waals surface area contributed by atoms with Crippen molar-refractivity contribution in [3.05, 3.63) is 53.3 Å². The molecular weight excluding hydrogens is 370 g/mol. The number of halogens is 1. The first-order chi connectivity index (χ1) is 12.4. The van der Waals surface area contributed by atoms with Gasteiger partial charge < -0.3 is 9.73 Å². The van der Waals surface area contributed by atoms with Crippen LogP contribution in [0.15, 0.2) is 41.1 Å². The molecule has 3 heterocycles. The number of aromatic nitrogens is 4. The summed E-state index contributed by atoms with van der Waals surface area (Å²) < 4.78 is 7.55. The molecule has 0 saturated heterocycles. The van der Waals surface area contributed by atoms with E-state index in [1.54, 1.807) is 10.7 Å². The van der Waals surface area contributed by atoms with Gasteiger partial charge in [-0.15, -0.1) is 5.10 Å². The molecule has 0 aliphatic heterocycles. The second-order valence-electron chi connectivity index (χ2n) is 6.99. The Labute approximate surface area is 159 Å². The van der Waals surface area contributed by atoms with Crippen LogP contribution in [0.5, 0.6) is 0 Å². The Morgan fingerprint density at radius 2 is 2.00 bits per heavy atom. The molecule has 1 aromatic carbocycles. The van der Waals surface area contributed by atoms with E-state index in [0.717, 1.165) is 27.1 Å². The molecule has 134 valence electrons. The van der Waals surface area contributed by atoms with Crippen LogP contribution in [0.1, 0.15) is 32.4 Å². The molecule has 0 bridgehead atoms. The van der Waals surface area contributed by atoms with Crippen LogP contribution in [0, 0.1) is 0 Å². The first kappa shape index (κ1) is 17.1. The van der Waals surface area contributed by atoms with Crippen molar-refractivity contribution in [1.82, 2.24) is 19.6 Å². The zero-order valence-electron chi connectivity index (χ0n) is 14.7. The number of nitrogens with one attached hydrogen (secondary N) is 1. The summed E-state index contributed by atoms with van der Waals surface area (Å²) in [5.41, 5.74) is 1.83. The molecule has 0 atom stereocenters. The van der Waals surface area contributed by atoms with Crippen LogP contribution in [-0.4, -0.2) is 19.6 Å². The van der Waals surface area contributed by atoms with Gasteiger partial charge in [0, 0.05) is 16.0 Å². The van der Waals surface area contributed by atoms with Gasteiger partial charge in [-0.3, -0.25) is 0 Å².